The Labute approximate surface area is 211 Å². The van der Waals surface area contributed by atoms with E-state index in [1.54, 1.807) is 6.92 Å². The minimum Gasteiger partial charge on any atom is -0.466 e. The Hall–Kier alpha value is -2.91. The zero-order chi connectivity index (χ0) is 28.7. The highest BCUT2D eigenvalue weighted by Gasteiger charge is 2.60. The van der Waals surface area contributed by atoms with Crippen molar-refractivity contribution < 1.29 is 58.6 Å². The molecule has 1 heterocycles. The molecular formula is C22H26F9N3O4. The van der Waals surface area contributed by atoms with Gasteiger partial charge in [0, 0.05) is 50.4 Å². The number of esters is 1. The number of benzene rings is 1. The van der Waals surface area contributed by atoms with E-state index in [2.05, 4.69) is 10.1 Å². The van der Waals surface area contributed by atoms with Gasteiger partial charge in [-0.15, -0.1) is 0 Å². The van der Waals surface area contributed by atoms with Gasteiger partial charge >= 0.3 is 30.6 Å². The standard InChI is InChI=1S/C22H26F9N3O4/c1-2-37-16(35)8-5-9-32-15-7-4-3-6-14(15)17(20(23,24)25)33-10-12-34(13-11-33)19(36)38-18(21(26,27)28)22(29,30)31/h3-4,6-7,17-18,32H,2,5,8-13H2,1H3. The van der Waals surface area contributed by atoms with Crippen LogP contribution in [0.15, 0.2) is 24.3 Å². The summed E-state index contributed by atoms with van der Waals surface area (Å²) in [6, 6.07) is 3.31. The fourth-order valence-electron chi connectivity index (χ4n) is 3.82. The molecule has 0 saturated carbocycles. The first-order chi connectivity index (χ1) is 17.6. The topological polar surface area (TPSA) is 71.1 Å². The molecule has 1 saturated heterocycles. The van der Waals surface area contributed by atoms with Gasteiger partial charge in [-0.3, -0.25) is 9.69 Å². The molecular weight excluding hydrogens is 541 g/mol. The van der Waals surface area contributed by atoms with Crippen molar-refractivity contribution in [1.82, 2.24) is 9.80 Å². The summed E-state index contributed by atoms with van der Waals surface area (Å²) in [6.07, 6.45) is -22.6. The van der Waals surface area contributed by atoms with Crippen LogP contribution in [0.5, 0.6) is 0 Å². The summed E-state index contributed by atoms with van der Waals surface area (Å²) in [7, 11) is 0. The van der Waals surface area contributed by atoms with Crippen molar-refractivity contribution in [2.45, 2.75) is 50.4 Å². The Morgan fingerprint density at radius 1 is 0.921 bits per heavy atom. The summed E-state index contributed by atoms with van der Waals surface area (Å²) in [4.78, 5) is 24.8. The number of nitrogens with one attached hydrogen (secondary N) is 1. The van der Waals surface area contributed by atoms with Gasteiger partial charge in [0.15, 0.2) is 0 Å². The molecule has 216 valence electrons. The van der Waals surface area contributed by atoms with Crippen LogP contribution in [0, 0.1) is 0 Å². The van der Waals surface area contributed by atoms with Crippen LogP contribution in [0.2, 0.25) is 0 Å². The van der Waals surface area contributed by atoms with Gasteiger partial charge < -0.3 is 19.7 Å². The van der Waals surface area contributed by atoms with Crippen molar-refractivity contribution in [2.75, 3.05) is 44.6 Å². The maximum absolute atomic E-state index is 14.2. The Balaban J connectivity index is 2.10. The molecule has 1 fully saturated rings. The molecule has 7 nitrogen and oxygen atoms in total. The van der Waals surface area contributed by atoms with Crippen LogP contribution in [0.1, 0.15) is 31.4 Å². The van der Waals surface area contributed by atoms with Gasteiger partial charge in [0.2, 0.25) is 0 Å². The van der Waals surface area contributed by atoms with Crippen LogP contribution in [-0.2, 0) is 14.3 Å². The molecule has 0 spiro atoms. The summed E-state index contributed by atoms with van der Waals surface area (Å²) >= 11 is 0. The Bertz CT molecular complexity index is 916. The Kier molecular flexibility index (Phi) is 10.5. The van der Waals surface area contributed by atoms with E-state index in [9.17, 15) is 49.1 Å². The monoisotopic (exact) mass is 567 g/mol. The molecule has 2 rings (SSSR count). The van der Waals surface area contributed by atoms with Crippen molar-refractivity contribution in [3.8, 4) is 0 Å². The number of rotatable bonds is 9. The number of nitrogens with zero attached hydrogens (tertiary/aromatic N) is 2. The van der Waals surface area contributed by atoms with E-state index in [1.165, 1.54) is 24.3 Å². The lowest BCUT2D eigenvalue weighted by Crippen LogP contribution is -2.54. The number of hydrogen-bond acceptors (Lipinski definition) is 6. The molecule has 1 aromatic rings. The molecule has 0 aliphatic carbocycles. The van der Waals surface area contributed by atoms with Gasteiger partial charge in [0.1, 0.15) is 6.04 Å². The van der Waals surface area contributed by atoms with Crippen LogP contribution in [0.25, 0.3) is 0 Å². The predicted octanol–water partition coefficient (Wildman–Crippen LogP) is 5.29. The number of carbonyl (C=O) groups excluding carboxylic acids is 2. The number of hydrogen-bond donors (Lipinski definition) is 1. The zero-order valence-corrected chi connectivity index (χ0v) is 20.1. The second-order valence-corrected chi connectivity index (χ2v) is 8.24. The normalized spacial score (nSPS) is 16.3. The second-order valence-electron chi connectivity index (χ2n) is 8.24. The number of halogens is 9. The van der Waals surface area contributed by atoms with Gasteiger partial charge in [0.05, 0.1) is 6.61 Å². The molecule has 1 aliphatic heterocycles. The first kappa shape index (κ1) is 31.3. The number of para-hydroxylation sites is 1. The van der Waals surface area contributed by atoms with Gasteiger partial charge in [-0.25, -0.2) is 4.79 Å². The molecule has 1 N–H and O–H groups in total. The number of ether oxygens (including phenoxy) is 2. The average molecular weight is 567 g/mol. The third kappa shape index (κ3) is 8.84. The third-order valence-electron chi connectivity index (χ3n) is 5.49. The lowest BCUT2D eigenvalue weighted by Gasteiger charge is -2.40. The van der Waals surface area contributed by atoms with Crippen molar-refractivity contribution >= 4 is 17.7 Å². The smallest absolute Gasteiger partial charge is 0.434 e. The number of piperazine rings is 1. The van der Waals surface area contributed by atoms with E-state index in [-0.39, 0.29) is 37.2 Å². The number of carbonyl (C=O) groups is 2. The summed E-state index contributed by atoms with van der Waals surface area (Å²) < 4.78 is 127. The van der Waals surface area contributed by atoms with Crippen LogP contribution in [-0.4, -0.2) is 85.8 Å². The number of amides is 1. The van der Waals surface area contributed by atoms with E-state index in [0.29, 0.717) is 4.90 Å². The zero-order valence-electron chi connectivity index (χ0n) is 20.1. The van der Waals surface area contributed by atoms with E-state index in [1.807, 2.05) is 0 Å². The summed E-state index contributed by atoms with van der Waals surface area (Å²) in [5, 5.41) is 2.85. The minimum absolute atomic E-state index is 0.0489. The van der Waals surface area contributed by atoms with Gasteiger partial charge in [-0.1, -0.05) is 18.2 Å². The number of anilines is 1. The van der Waals surface area contributed by atoms with Crippen LogP contribution >= 0.6 is 0 Å². The molecule has 38 heavy (non-hydrogen) atoms. The lowest BCUT2D eigenvalue weighted by molar-refractivity contribution is -0.308. The van der Waals surface area contributed by atoms with Crippen LogP contribution in [0.3, 0.4) is 0 Å². The maximum atomic E-state index is 14.2. The summed E-state index contributed by atoms with van der Waals surface area (Å²) in [5.41, 5.74) is -0.0555. The lowest BCUT2D eigenvalue weighted by atomic mass is 10.0. The van der Waals surface area contributed by atoms with E-state index >= 15 is 0 Å². The molecule has 16 heteroatoms. The van der Waals surface area contributed by atoms with Crippen LogP contribution in [0.4, 0.5) is 50.0 Å². The highest BCUT2D eigenvalue weighted by atomic mass is 19.4. The highest BCUT2D eigenvalue weighted by Crippen LogP contribution is 2.41. The summed E-state index contributed by atoms with van der Waals surface area (Å²) in [6.45, 7) is -0.212. The SMILES string of the molecule is CCOC(=O)CCCNc1ccccc1C(N1CCN(C(=O)OC(C(F)(F)F)C(F)(F)F)CC1)C(F)(F)F. The largest absolute Gasteiger partial charge is 0.466 e. The molecule has 0 bridgehead atoms. The minimum atomic E-state index is -5.91. The van der Waals surface area contributed by atoms with Crippen molar-refractivity contribution in [1.29, 1.82) is 0 Å². The van der Waals surface area contributed by atoms with Crippen LogP contribution < -0.4 is 5.32 Å². The molecule has 0 radical (unpaired) electrons. The summed E-state index contributed by atoms with van der Waals surface area (Å²) in [5.74, 6) is -0.455. The molecule has 1 amide bonds. The maximum Gasteiger partial charge on any atom is 0.434 e. The molecule has 1 unspecified atom stereocenters. The average Bonchev–Trinajstić information content (AvgIpc) is 2.79. The van der Waals surface area contributed by atoms with E-state index in [0.717, 1.165) is 4.90 Å². The quantitative estimate of drug-likeness (QED) is 0.249. The molecule has 0 aromatic heterocycles. The van der Waals surface area contributed by atoms with Crippen molar-refractivity contribution in [3.63, 3.8) is 0 Å². The molecule has 1 aromatic carbocycles. The fourth-order valence-corrected chi connectivity index (χ4v) is 3.82. The van der Waals surface area contributed by atoms with Gasteiger partial charge in [0.25, 0.3) is 6.10 Å². The third-order valence-corrected chi connectivity index (χ3v) is 5.49. The Morgan fingerprint density at radius 2 is 1.50 bits per heavy atom. The van der Waals surface area contributed by atoms with Gasteiger partial charge in [-0.2, -0.15) is 39.5 Å². The van der Waals surface area contributed by atoms with Crippen molar-refractivity contribution in [2.24, 2.45) is 0 Å². The van der Waals surface area contributed by atoms with Crippen molar-refractivity contribution in [3.05, 3.63) is 29.8 Å². The van der Waals surface area contributed by atoms with E-state index < -0.39 is 68.9 Å². The first-order valence-electron chi connectivity index (χ1n) is 11.4. The first-order valence-corrected chi connectivity index (χ1v) is 11.4. The fraction of sp³-hybridized carbons (Fsp3) is 0.636. The van der Waals surface area contributed by atoms with E-state index in [4.69, 9.17) is 4.74 Å². The second kappa shape index (κ2) is 12.8. The highest BCUT2D eigenvalue weighted by molar-refractivity contribution is 5.69. The molecule has 1 aliphatic rings. The predicted molar refractivity (Wildman–Crippen MR) is 115 cm³/mol. The number of alkyl halides is 9. The van der Waals surface area contributed by atoms with Gasteiger partial charge in [-0.05, 0) is 19.4 Å². The Morgan fingerprint density at radius 3 is 2.03 bits per heavy atom. The molecule has 1 atom stereocenters.